The van der Waals surface area contributed by atoms with Gasteiger partial charge in [-0.15, -0.1) is 0 Å². The number of H-pyrrole nitrogens is 1. The van der Waals surface area contributed by atoms with Crippen LogP contribution in [0.3, 0.4) is 0 Å². The third-order valence-electron chi connectivity index (χ3n) is 2.88. The van der Waals surface area contributed by atoms with Gasteiger partial charge in [0.15, 0.2) is 0 Å². The quantitative estimate of drug-likeness (QED) is 0.481. The van der Waals surface area contributed by atoms with Crippen LogP contribution in [0, 0.1) is 0 Å². The number of carbonyl (C=O) groups excluding carboxylic acids is 1. The summed E-state index contributed by atoms with van der Waals surface area (Å²) in [5, 5.41) is 2.84. The van der Waals surface area contributed by atoms with E-state index in [0.717, 1.165) is 12.8 Å². The molecule has 8 heteroatoms. The van der Waals surface area contributed by atoms with Crippen LogP contribution in [0.25, 0.3) is 0 Å². The van der Waals surface area contributed by atoms with Crippen LogP contribution in [0.15, 0.2) is 9.59 Å². The molecule has 0 atom stereocenters. The van der Waals surface area contributed by atoms with Crippen molar-refractivity contribution < 1.29 is 4.79 Å². The topological polar surface area (TPSA) is 136 Å². The van der Waals surface area contributed by atoms with E-state index in [9.17, 15) is 14.4 Å². The number of nitrogens with one attached hydrogen (secondary N) is 2. The number of nitrogens with zero attached hydrogens (tertiary/aromatic N) is 1. The molecule has 6 N–H and O–H groups in total. The van der Waals surface area contributed by atoms with Gasteiger partial charge in [-0.3, -0.25) is 19.1 Å². The molecular weight excluding hydrogens is 262 g/mol. The molecule has 1 aromatic heterocycles. The Morgan fingerprint density at radius 2 is 2.05 bits per heavy atom. The van der Waals surface area contributed by atoms with E-state index in [1.54, 1.807) is 0 Å². The molecule has 0 fully saturated rings. The molecule has 1 rings (SSSR count). The van der Waals surface area contributed by atoms with Gasteiger partial charge in [0.1, 0.15) is 11.5 Å². The number of aromatic nitrogens is 2. The second-order valence-electron chi connectivity index (χ2n) is 4.52. The monoisotopic (exact) mass is 283 g/mol. The minimum Gasteiger partial charge on any atom is -0.383 e. The van der Waals surface area contributed by atoms with Gasteiger partial charge in [0.2, 0.25) is 5.91 Å². The Labute approximate surface area is 116 Å². The summed E-state index contributed by atoms with van der Waals surface area (Å²) in [6, 6.07) is 0. The van der Waals surface area contributed by atoms with Crippen LogP contribution in [0.5, 0.6) is 0 Å². The van der Waals surface area contributed by atoms with Crippen molar-refractivity contribution in [1.82, 2.24) is 9.55 Å². The maximum atomic E-state index is 11.7. The van der Waals surface area contributed by atoms with Gasteiger partial charge in [-0.25, -0.2) is 4.79 Å². The molecule has 20 heavy (non-hydrogen) atoms. The molecule has 0 spiro atoms. The Hall–Kier alpha value is -2.25. The molecule has 0 aliphatic rings. The second kappa shape index (κ2) is 7.37. The van der Waals surface area contributed by atoms with Crippen molar-refractivity contribution in [1.29, 1.82) is 0 Å². The molecule has 8 nitrogen and oxygen atoms in total. The van der Waals surface area contributed by atoms with Crippen LogP contribution in [-0.2, 0) is 11.3 Å². The van der Waals surface area contributed by atoms with Crippen LogP contribution < -0.4 is 28.0 Å². The molecule has 0 aliphatic carbocycles. The Morgan fingerprint density at radius 3 is 2.65 bits per heavy atom. The molecule has 1 amide bonds. The Morgan fingerprint density at radius 1 is 1.35 bits per heavy atom. The van der Waals surface area contributed by atoms with Crippen molar-refractivity contribution in [3.8, 4) is 0 Å². The van der Waals surface area contributed by atoms with E-state index < -0.39 is 17.2 Å². The summed E-state index contributed by atoms with van der Waals surface area (Å²) in [5.41, 5.74) is 9.97. The first-order valence-corrected chi connectivity index (χ1v) is 6.62. The molecule has 0 aromatic carbocycles. The predicted octanol–water partition coefficient (Wildman–Crippen LogP) is -0.404. The molecule has 0 saturated heterocycles. The molecule has 0 aliphatic heterocycles. The number of aromatic amines is 1. The van der Waals surface area contributed by atoms with Gasteiger partial charge in [0, 0.05) is 19.5 Å². The molecule has 0 radical (unpaired) electrons. The summed E-state index contributed by atoms with van der Waals surface area (Å²) in [5.74, 6) is -0.284. The minimum atomic E-state index is -0.556. The number of hydrogen-bond acceptors (Lipinski definition) is 5. The van der Waals surface area contributed by atoms with E-state index in [1.807, 2.05) is 6.92 Å². The highest BCUT2D eigenvalue weighted by atomic mass is 16.2. The summed E-state index contributed by atoms with van der Waals surface area (Å²) in [6.07, 6.45) is 2.41. The molecule has 1 aromatic rings. The minimum absolute atomic E-state index is 0.117. The van der Waals surface area contributed by atoms with Gasteiger partial charge in [0.05, 0.1) is 0 Å². The number of hydrogen-bond donors (Lipinski definition) is 4. The van der Waals surface area contributed by atoms with Crippen molar-refractivity contribution in [2.75, 3.05) is 17.6 Å². The number of rotatable bonds is 8. The number of nitrogens with two attached hydrogens (primary N) is 2. The maximum absolute atomic E-state index is 11.7. The fourth-order valence-electron chi connectivity index (χ4n) is 1.77. The van der Waals surface area contributed by atoms with Gasteiger partial charge in [0.25, 0.3) is 5.56 Å². The molecule has 1 heterocycles. The maximum Gasteiger partial charge on any atom is 0.330 e. The summed E-state index contributed by atoms with van der Waals surface area (Å²) in [4.78, 5) is 36.2. The van der Waals surface area contributed by atoms with Crippen molar-refractivity contribution in [2.45, 2.75) is 39.2 Å². The SMILES string of the molecule is CCCCn1c(N)c(NCCCC(N)=O)c(=O)[nH]c1=O. The predicted molar refractivity (Wildman–Crippen MR) is 77.6 cm³/mol. The lowest BCUT2D eigenvalue weighted by atomic mass is 10.3. The average Bonchev–Trinajstić information content (AvgIpc) is 2.37. The Balaban J connectivity index is 2.87. The summed E-state index contributed by atoms with van der Waals surface area (Å²) < 4.78 is 1.33. The molecular formula is C12H21N5O3. The van der Waals surface area contributed by atoms with Crippen molar-refractivity contribution in [3.63, 3.8) is 0 Å². The third kappa shape index (κ3) is 4.15. The van der Waals surface area contributed by atoms with Gasteiger partial charge < -0.3 is 16.8 Å². The highest BCUT2D eigenvalue weighted by Gasteiger charge is 2.11. The Kier molecular flexibility index (Phi) is 5.82. The lowest BCUT2D eigenvalue weighted by Crippen LogP contribution is -2.34. The van der Waals surface area contributed by atoms with Crippen LogP contribution in [0.2, 0.25) is 0 Å². The van der Waals surface area contributed by atoms with E-state index >= 15 is 0 Å². The lowest BCUT2D eigenvalue weighted by molar-refractivity contribution is -0.118. The van der Waals surface area contributed by atoms with Gasteiger partial charge in [-0.1, -0.05) is 13.3 Å². The zero-order chi connectivity index (χ0) is 15.1. The molecule has 112 valence electrons. The standard InChI is InChI=1S/C12H21N5O3/c1-2-3-7-17-10(14)9(11(19)16-12(17)20)15-6-4-5-8(13)18/h15H,2-7,14H2,1H3,(H2,13,18)(H,16,19,20). The zero-order valence-corrected chi connectivity index (χ0v) is 11.6. The lowest BCUT2D eigenvalue weighted by Gasteiger charge is -2.13. The summed E-state index contributed by atoms with van der Waals surface area (Å²) in [6.45, 7) is 2.83. The van der Waals surface area contributed by atoms with Crippen LogP contribution in [-0.4, -0.2) is 22.0 Å². The first-order chi connectivity index (χ1) is 9.47. The van der Waals surface area contributed by atoms with E-state index in [2.05, 4.69) is 10.3 Å². The molecule has 0 saturated carbocycles. The van der Waals surface area contributed by atoms with E-state index in [0.29, 0.717) is 19.5 Å². The molecule has 0 unspecified atom stereocenters. The van der Waals surface area contributed by atoms with Crippen molar-refractivity contribution in [2.24, 2.45) is 5.73 Å². The van der Waals surface area contributed by atoms with Crippen molar-refractivity contribution >= 4 is 17.4 Å². The van der Waals surface area contributed by atoms with Crippen LogP contribution >= 0.6 is 0 Å². The van der Waals surface area contributed by atoms with Gasteiger partial charge in [-0.2, -0.15) is 0 Å². The number of unbranched alkanes of at least 4 members (excludes halogenated alkanes) is 1. The fraction of sp³-hybridized carbons (Fsp3) is 0.583. The third-order valence-corrected chi connectivity index (χ3v) is 2.88. The highest BCUT2D eigenvalue weighted by Crippen LogP contribution is 2.11. The average molecular weight is 283 g/mol. The van der Waals surface area contributed by atoms with E-state index in [4.69, 9.17) is 11.5 Å². The number of anilines is 2. The molecule has 0 bridgehead atoms. The smallest absolute Gasteiger partial charge is 0.330 e. The summed E-state index contributed by atoms with van der Waals surface area (Å²) in [7, 11) is 0. The van der Waals surface area contributed by atoms with Crippen molar-refractivity contribution in [3.05, 3.63) is 20.8 Å². The number of amides is 1. The number of primary amides is 1. The van der Waals surface area contributed by atoms with Gasteiger partial charge in [-0.05, 0) is 12.8 Å². The van der Waals surface area contributed by atoms with E-state index in [-0.39, 0.29) is 17.9 Å². The van der Waals surface area contributed by atoms with E-state index in [1.165, 1.54) is 4.57 Å². The fourth-order valence-corrected chi connectivity index (χ4v) is 1.77. The summed E-state index contributed by atoms with van der Waals surface area (Å²) >= 11 is 0. The Bertz CT molecular complexity index is 575. The van der Waals surface area contributed by atoms with Crippen LogP contribution in [0.1, 0.15) is 32.6 Å². The normalized spacial score (nSPS) is 10.4. The largest absolute Gasteiger partial charge is 0.383 e. The highest BCUT2D eigenvalue weighted by molar-refractivity contribution is 5.73. The second-order valence-corrected chi connectivity index (χ2v) is 4.52. The first-order valence-electron chi connectivity index (χ1n) is 6.62. The zero-order valence-electron chi connectivity index (χ0n) is 11.6. The number of carbonyl (C=O) groups is 1. The number of nitrogen functional groups attached to an aromatic ring is 1. The van der Waals surface area contributed by atoms with Gasteiger partial charge >= 0.3 is 5.69 Å². The van der Waals surface area contributed by atoms with Crippen LogP contribution in [0.4, 0.5) is 11.5 Å². The first kappa shape index (κ1) is 15.8.